The standard InChI is InChI=1S/C18H27NO6/c1-18(2,3)24-17(23)25-19-8-13(10-20)16(14(9-19)11-21)12-4-6-15(22)7-5-12/h4-7,13-14,16,20-22H,8-11H2,1-3H3/t13-,14+,16?. The topological polar surface area (TPSA) is 99.5 Å². The zero-order valence-electron chi connectivity index (χ0n) is 14.9. The highest BCUT2D eigenvalue weighted by atomic mass is 16.8. The number of phenolic OH excluding ortho intramolecular Hbond substituents is 1. The highest BCUT2D eigenvalue weighted by Crippen LogP contribution is 2.37. The van der Waals surface area contributed by atoms with Crippen LogP contribution in [0, 0.1) is 11.8 Å². The number of aromatic hydroxyl groups is 1. The fraction of sp³-hybridized carbons (Fsp3) is 0.611. The molecule has 2 rings (SSSR count). The molecule has 25 heavy (non-hydrogen) atoms. The van der Waals surface area contributed by atoms with Crippen LogP contribution in [0.3, 0.4) is 0 Å². The normalized spacial score (nSPS) is 24.8. The molecule has 1 aliphatic heterocycles. The van der Waals surface area contributed by atoms with E-state index in [-0.39, 0.29) is 36.7 Å². The number of hydrogen-bond acceptors (Lipinski definition) is 7. The van der Waals surface area contributed by atoms with Crippen molar-refractivity contribution in [2.75, 3.05) is 26.3 Å². The quantitative estimate of drug-likeness (QED) is 0.711. The van der Waals surface area contributed by atoms with Crippen LogP contribution >= 0.6 is 0 Å². The third-order valence-corrected chi connectivity index (χ3v) is 4.23. The van der Waals surface area contributed by atoms with Crippen LogP contribution in [0.15, 0.2) is 24.3 Å². The van der Waals surface area contributed by atoms with Gasteiger partial charge >= 0.3 is 6.16 Å². The van der Waals surface area contributed by atoms with Crippen molar-refractivity contribution < 1.29 is 29.7 Å². The molecular weight excluding hydrogens is 326 g/mol. The number of carbonyl (C=O) groups excluding carboxylic acids is 1. The summed E-state index contributed by atoms with van der Waals surface area (Å²) in [5, 5.41) is 30.5. The lowest BCUT2D eigenvalue weighted by Gasteiger charge is -2.41. The summed E-state index contributed by atoms with van der Waals surface area (Å²) in [4.78, 5) is 17.1. The molecule has 0 bridgehead atoms. The number of phenols is 1. The smallest absolute Gasteiger partial charge is 0.508 e. The molecule has 0 aromatic heterocycles. The van der Waals surface area contributed by atoms with Crippen molar-refractivity contribution >= 4 is 6.16 Å². The Morgan fingerprint density at radius 3 is 2.08 bits per heavy atom. The van der Waals surface area contributed by atoms with Gasteiger partial charge in [-0.15, -0.1) is 5.06 Å². The molecule has 0 radical (unpaired) electrons. The van der Waals surface area contributed by atoms with Crippen LogP contribution < -0.4 is 0 Å². The van der Waals surface area contributed by atoms with Crippen LogP contribution in [0.4, 0.5) is 4.79 Å². The van der Waals surface area contributed by atoms with Crippen molar-refractivity contribution in [1.29, 1.82) is 0 Å². The first-order valence-corrected chi connectivity index (χ1v) is 8.40. The highest BCUT2D eigenvalue weighted by Gasteiger charge is 2.39. The van der Waals surface area contributed by atoms with Gasteiger partial charge in [-0.3, -0.25) is 0 Å². The van der Waals surface area contributed by atoms with Gasteiger partial charge in [-0.2, -0.15) is 0 Å². The number of nitrogens with zero attached hydrogens (tertiary/aromatic N) is 1. The van der Waals surface area contributed by atoms with Gasteiger partial charge in [0.15, 0.2) is 0 Å². The number of hydrogen-bond donors (Lipinski definition) is 3. The fourth-order valence-corrected chi connectivity index (χ4v) is 3.24. The lowest BCUT2D eigenvalue weighted by molar-refractivity contribution is -0.178. The van der Waals surface area contributed by atoms with Crippen LogP contribution in [0.5, 0.6) is 5.75 Å². The minimum Gasteiger partial charge on any atom is -0.508 e. The number of piperidine rings is 1. The lowest BCUT2D eigenvalue weighted by atomic mass is 9.74. The summed E-state index contributed by atoms with van der Waals surface area (Å²) in [6.07, 6.45) is -0.802. The van der Waals surface area contributed by atoms with Crippen molar-refractivity contribution in [1.82, 2.24) is 5.06 Å². The molecule has 1 aliphatic rings. The molecular formula is C18H27NO6. The minimum atomic E-state index is -0.802. The fourth-order valence-electron chi connectivity index (χ4n) is 3.24. The number of aliphatic hydroxyl groups is 2. The Bertz CT molecular complexity index is 554. The molecule has 0 spiro atoms. The molecule has 7 heteroatoms. The van der Waals surface area contributed by atoms with Gasteiger partial charge in [0, 0.05) is 38.1 Å². The van der Waals surface area contributed by atoms with Gasteiger partial charge in [0.1, 0.15) is 11.4 Å². The molecule has 0 amide bonds. The third-order valence-electron chi connectivity index (χ3n) is 4.23. The number of aliphatic hydroxyl groups excluding tert-OH is 2. The van der Waals surface area contributed by atoms with Gasteiger partial charge in [-0.05, 0) is 44.4 Å². The minimum absolute atomic E-state index is 0.103. The summed E-state index contributed by atoms with van der Waals surface area (Å²) in [7, 11) is 0. The number of rotatable bonds is 4. The van der Waals surface area contributed by atoms with E-state index in [1.165, 1.54) is 5.06 Å². The Hall–Kier alpha value is -1.83. The first-order valence-electron chi connectivity index (χ1n) is 8.40. The molecule has 1 fully saturated rings. The lowest BCUT2D eigenvalue weighted by Crippen LogP contribution is -2.48. The highest BCUT2D eigenvalue weighted by molar-refractivity contribution is 5.60. The van der Waals surface area contributed by atoms with E-state index in [1.54, 1.807) is 45.0 Å². The summed E-state index contributed by atoms with van der Waals surface area (Å²) in [6, 6.07) is 6.74. The van der Waals surface area contributed by atoms with E-state index in [0.29, 0.717) is 13.1 Å². The summed E-state index contributed by atoms with van der Waals surface area (Å²) in [5.41, 5.74) is 0.265. The molecule has 7 nitrogen and oxygen atoms in total. The van der Waals surface area contributed by atoms with Crippen LogP contribution in [0.1, 0.15) is 32.3 Å². The predicted octanol–water partition coefficient (Wildman–Crippen LogP) is 1.88. The van der Waals surface area contributed by atoms with Crippen molar-refractivity contribution in [3.05, 3.63) is 29.8 Å². The van der Waals surface area contributed by atoms with E-state index in [2.05, 4.69) is 0 Å². The third kappa shape index (κ3) is 5.32. The number of carbonyl (C=O) groups is 1. The molecule has 1 saturated heterocycles. The Labute approximate surface area is 147 Å². The van der Waals surface area contributed by atoms with Crippen molar-refractivity contribution in [3.8, 4) is 5.75 Å². The summed E-state index contributed by atoms with van der Waals surface area (Å²) < 4.78 is 5.15. The average molecular weight is 353 g/mol. The Balaban J connectivity index is 2.11. The van der Waals surface area contributed by atoms with Crippen LogP contribution in [-0.2, 0) is 9.57 Å². The molecule has 1 unspecified atom stereocenters. The van der Waals surface area contributed by atoms with E-state index in [4.69, 9.17) is 9.57 Å². The second-order valence-electron chi connectivity index (χ2n) is 7.41. The molecule has 1 heterocycles. The molecule has 140 valence electrons. The molecule has 1 aromatic carbocycles. The maximum atomic E-state index is 11.9. The monoisotopic (exact) mass is 353 g/mol. The van der Waals surface area contributed by atoms with E-state index >= 15 is 0 Å². The maximum absolute atomic E-state index is 11.9. The first-order chi connectivity index (χ1) is 11.7. The second kappa shape index (κ2) is 8.03. The van der Waals surface area contributed by atoms with E-state index < -0.39 is 11.8 Å². The summed E-state index contributed by atoms with van der Waals surface area (Å²) >= 11 is 0. The molecule has 3 atom stereocenters. The van der Waals surface area contributed by atoms with Gasteiger partial charge in [0.05, 0.1) is 0 Å². The Morgan fingerprint density at radius 2 is 1.64 bits per heavy atom. The van der Waals surface area contributed by atoms with Crippen LogP contribution in [0.25, 0.3) is 0 Å². The zero-order chi connectivity index (χ0) is 18.6. The van der Waals surface area contributed by atoms with Crippen molar-refractivity contribution in [3.63, 3.8) is 0 Å². The number of benzene rings is 1. The Morgan fingerprint density at radius 1 is 1.12 bits per heavy atom. The molecule has 0 aliphatic carbocycles. The molecule has 1 aromatic rings. The van der Waals surface area contributed by atoms with Gasteiger partial charge in [-0.1, -0.05) is 12.1 Å². The van der Waals surface area contributed by atoms with E-state index in [9.17, 15) is 20.1 Å². The van der Waals surface area contributed by atoms with Crippen LogP contribution in [-0.4, -0.2) is 58.4 Å². The average Bonchev–Trinajstić information content (AvgIpc) is 2.53. The second-order valence-corrected chi connectivity index (χ2v) is 7.41. The zero-order valence-corrected chi connectivity index (χ0v) is 14.9. The maximum Gasteiger partial charge on any atom is 0.528 e. The van der Waals surface area contributed by atoms with Crippen molar-refractivity contribution in [2.24, 2.45) is 11.8 Å². The largest absolute Gasteiger partial charge is 0.528 e. The first kappa shape index (κ1) is 19.5. The summed E-state index contributed by atoms with van der Waals surface area (Å²) in [5.74, 6) is -0.389. The predicted molar refractivity (Wildman–Crippen MR) is 90.9 cm³/mol. The van der Waals surface area contributed by atoms with Gasteiger partial charge < -0.3 is 24.9 Å². The SMILES string of the molecule is CC(C)(C)OC(=O)ON1C[C@@H](CO)C(c2ccc(O)cc2)[C@@H](CO)C1. The van der Waals surface area contributed by atoms with Gasteiger partial charge in [-0.25, -0.2) is 4.79 Å². The molecule has 0 saturated carbocycles. The molecule has 3 N–H and O–H groups in total. The Kier molecular flexibility index (Phi) is 6.26. The van der Waals surface area contributed by atoms with Gasteiger partial charge in [0.25, 0.3) is 0 Å². The number of hydroxylamine groups is 2. The van der Waals surface area contributed by atoms with E-state index in [0.717, 1.165) is 5.56 Å². The van der Waals surface area contributed by atoms with Crippen molar-refractivity contribution in [2.45, 2.75) is 32.3 Å². The summed E-state index contributed by atoms with van der Waals surface area (Å²) in [6.45, 7) is 5.68. The van der Waals surface area contributed by atoms with Gasteiger partial charge in [0.2, 0.25) is 0 Å². The number of ether oxygens (including phenoxy) is 1. The van der Waals surface area contributed by atoms with E-state index in [1.807, 2.05) is 0 Å². The van der Waals surface area contributed by atoms with Crippen LogP contribution in [0.2, 0.25) is 0 Å².